The highest BCUT2D eigenvalue weighted by atomic mass is 35.5. The van der Waals surface area contributed by atoms with E-state index in [0.29, 0.717) is 22.3 Å². The smallest absolute Gasteiger partial charge is 0.279 e. The maximum absolute atomic E-state index is 12.2. The molecule has 1 aromatic carbocycles. The molecule has 23 heavy (non-hydrogen) atoms. The summed E-state index contributed by atoms with van der Waals surface area (Å²) in [4.78, 5) is 24.9. The average molecular weight is 361 g/mol. The molecule has 0 heterocycles. The predicted molar refractivity (Wildman–Crippen MR) is 94.3 cm³/mol. The van der Waals surface area contributed by atoms with Crippen molar-refractivity contribution >= 4 is 40.7 Å². The number of likely N-dealkylation sites (N-methyl/N-ethyl adjacent to an activating group) is 1. The van der Waals surface area contributed by atoms with E-state index in [4.69, 9.17) is 23.2 Å². The Morgan fingerprint density at radius 1 is 1.17 bits per heavy atom. The van der Waals surface area contributed by atoms with Gasteiger partial charge in [0.2, 0.25) is 0 Å². The van der Waals surface area contributed by atoms with Gasteiger partial charge in [0, 0.05) is 6.04 Å². The molecule has 1 rings (SSSR count). The van der Waals surface area contributed by atoms with E-state index >= 15 is 0 Å². The van der Waals surface area contributed by atoms with Crippen LogP contribution >= 0.6 is 23.2 Å². The van der Waals surface area contributed by atoms with Gasteiger partial charge in [0.15, 0.2) is 13.1 Å². The number of hydrogen-bond acceptors (Lipinski definition) is 2. The van der Waals surface area contributed by atoms with Crippen LogP contribution in [-0.2, 0) is 9.59 Å². The number of carbonyl (C=O) groups is 2. The molecule has 1 atom stereocenters. The van der Waals surface area contributed by atoms with E-state index in [1.54, 1.807) is 12.1 Å². The molecule has 128 valence electrons. The summed E-state index contributed by atoms with van der Waals surface area (Å²) in [5.41, 5.74) is 1.25. The fourth-order valence-corrected chi connectivity index (χ4v) is 2.56. The lowest BCUT2D eigenvalue weighted by molar-refractivity contribution is -0.881. The first-order valence-electron chi connectivity index (χ1n) is 7.62. The summed E-state index contributed by atoms with van der Waals surface area (Å²) in [6.45, 7) is 8.65. The summed E-state index contributed by atoms with van der Waals surface area (Å²) in [6.07, 6.45) is 0. The summed E-state index contributed by atoms with van der Waals surface area (Å²) >= 11 is 12.3. The first kappa shape index (κ1) is 19.7. The first-order chi connectivity index (χ1) is 10.7. The van der Waals surface area contributed by atoms with Crippen LogP contribution in [0.1, 0.15) is 26.3 Å². The Bertz CT molecular complexity index is 577. The van der Waals surface area contributed by atoms with E-state index in [-0.39, 0.29) is 30.9 Å². The minimum absolute atomic E-state index is 0.0729. The van der Waals surface area contributed by atoms with E-state index in [2.05, 4.69) is 10.6 Å². The summed E-state index contributed by atoms with van der Waals surface area (Å²) in [7, 11) is 0. The van der Waals surface area contributed by atoms with E-state index in [1.807, 2.05) is 27.7 Å². The summed E-state index contributed by atoms with van der Waals surface area (Å²) in [5.74, 6) is -0.301. The fourth-order valence-electron chi connectivity index (χ4n) is 2.09. The number of benzene rings is 1. The van der Waals surface area contributed by atoms with Gasteiger partial charge < -0.3 is 15.5 Å². The van der Waals surface area contributed by atoms with Crippen molar-refractivity contribution in [3.05, 3.63) is 27.7 Å². The Hall–Kier alpha value is -1.30. The second-order valence-electron chi connectivity index (χ2n) is 5.78. The van der Waals surface area contributed by atoms with Gasteiger partial charge in [0.05, 0.1) is 22.3 Å². The van der Waals surface area contributed by atoms with Gasteiger partial charge in [-0.3, -0.25) is 9.59 Å². The highest BCUT2D eigenvalue weighted by Crippen LogP contribution is 2.32. The van der Waals surface area contributed by atoms with Gasteiger partial charge in [-0.05, 0) is 39.3 Å². The Balaban J connectivity index is 2.68. The van der Waals surface area contributed by atoms with Crippen LogP contribution in [0.5, 0.6) is 0 Å². The molecule has 2 amide bonds. The topological polar surface area (TPSA) is 62.6 Å². The van der Waals surface area contributed by atoms with Crippen LogP contribution in [0, 0.1) is 6.92 Å². The van der Waals surface area contributed by atoms with Gasteiger partial charge in [0.1, 0.15) is 0 Å². The zero-order valence-electron chi connectivity index (χ0n) is 13.9. The van der Waals surface area contributed by atoms with Crippen molar-refractivity contribution in [2.45, 2.75) is 33.7 Å². The normalized spacial score (nSPS) is 12.1. The number of carbonyl (C=O) groups excluding carboxylic acids is 2. The average Bonchev–Trinajstić information content (AvgIpc) is 2.46. The van der Waals surface area contributed by atoms with Crippen LogP contribution in [0.4, 0.5) is 5.69 Å². The van der Waals surface area contributed by atoms with Crippen LogP contribution in [0.3, 0.4) is 0 Å². The number of anilines is 1. The second-order valence-corrected chi connectivity index (χ2v) is 6.57. The third-order valence-corrected chi connectivity index (χ3v) is 4.12. The van der Waals surface area contributed by atoms with Crippen LogP contribution in [-0.4, -0.2) is 37.5 Å². The van der Waals surface area contributed by atoms with E-state index in [0.717, 1.165) is 10.5 Å². The molecule has 7 heteroatoms. The van der Waals surface area contributed by atoms with Crippen molar-refractivity contribution in [2.24, 2.45) is 0 Å². The zero-order chi connectivity index (χ0) is 17.6. The van der Waals surface area contributed by atoms with Crippen LogP contribution in [0.2, 0.25) is 10.0 Å². The molecule has 0 aliphatic rings. The van der Waals surface area contributed by atoms with Gasteiger partial charge >= 0.3 is 0 Å². The summed E-state index contributed by atoms with van der Waals surface area (Å²) in [5, 5.41) is 6.39. The molecule has 0 bridgehead atoms. The Morgan fingerprint density at radius 3 is 2.35 bits per heavy atom. The highest BCUT2D eigenvalue weighted by molar-refractivity contribution is 6.40. The molecule has 5 nitrogen and oxygen atoms in total. The van der Waals surface area contributed by atoms with Crippen molar-refractivity contribution in [3.8, 4) is 0 Å². The molecule has 0 aromatic heterocycles. The fraction of sp³-hybridized carbons (Fsp3) is 0.500. The predicted octanol–water partition coefficient (Wildman–Crippen LogP) is 1.67. The SMILES string of the molecule is CC[NH+](CC(=O)Nc1c(Cl)ccc(C)c1Cl)CC(=O)NC(C)C. The minimum Gasteiger partial charge on any atom is -0.349 e. The monoisotopic (exact) mass is 360 g/mol. The maximum atomic E-state index is 12.2. The second kappa shape index (κ2) is 9.11. The lowest BCUT2D eigenvalue weighted by atomic mass is 10.2. The molecule has 1 unspecified atom stereocenters. The Kier molecular flexibility index (Phi) is 7.82. The maximum Gasteiger partial charge on any atom is 0.279 e. The van der Waals surface area contributed by atoms with Crippen LogP contribution < -0.4 is 15.5 Å². The molecule has 0 aliphatic heterocycles. The highest BCUT2D eigenvalue weighted by Gasteiger charge is 2.19. The third kappa shape index (κ3) is 6.37. The third-order valence-electron chi connectivity index (χ3n) is 3.32. The molecule has 0 saturated carbocycles. The van der Waals surface area contributed by atoms with Crippen molar-refractivity contribution < 1.29 is 14.5 Å². The lowest BCUT2D eigenvalue weighted by Gasteiger charge is -2.18. The Morgan fingerprint density at radius 2 is 1.78 bits per heavy atom. The van der Waals surface area contributed by atoms with Crippen molar-refractivity contribution in [3.63, 3.8) is 0 Å². The van der Waals surface area contributed by atoms with E-state index in [1.165, 1.54) is 0 Å². The standard InChI is InChI=1S/C16H23Cl2N3O2/c1-5-21(8-13(22)19-10(2)3)9-14(23)20-16-12(17)7-6-11(4)15(16)18/h6-7,10H,5,8-9H2,1-4H3,(H,19,22)(H,20,23)/p+1. The van der Waals surface area contributed by atoms with Gasteiger partial charge in [-0.1, -0.05) is 29.3 Å². The molecule has 0 saturated heterocycles. The van der Waals surface area contributed by atoms with Gasteiger partial charge in [-0.25, -0.2) is 0 Å². The number of nitrogens with one attached hydrogen (secondary N) is 3. The van der Waals surface area contributed by atoms with Gasteiger partial charge in [-0.15, -0.1) is 0 Å². The number of aryl methyl sites for hydroxylation is 1. The van der Waals surface area contributed by atoms with E-state index in [9.17, 15) is 9.59 Å². The molecular formula is C16H24Cl2N3O2+. The molecule has 0 aliphatic carbocycles. The minimum atomic E-state index is -0.228. The molecule has 0 radical (unpaired) electrons. The largest absolute Gasteiger partial charge is 0.349 e. The lowest BCUT2D eigenvalue weighted by Crippen LogP contribution is -3.14. The van der Waals surface area contributed by atoms with Crippen LogP contribution in [0.25, 0.3) is 0 Å². The number of hydrogen-bond donors (Lipinski definition) is 3. The van der Waals surface area contributed by atoms with Gasteiger partial charge in [-0.2, -0.15) is 0 Å². The quantitative estimate of drug-likeness (QED) is 0.692. The molecule has 0 spiro atoms. The summed E-state index contributed by atoms with van der Waals surface area (Å²) < 4.78 is 0. The van der Waals surface area contributed by atoms with Crippen molar-refractivity contribution in [2.75, 3.05) is 25.0 Å². The van der Waals surface area contributed by atoms with E-state index < -0.39 is 0 Å². The number of halogens is 2. The first-order valence-corrected chi connectivity index (χ1v) is 8.37. The van der Waals surface area contributed by atoms with Gasteiger partial charge in [0.25, 0.3) is 11.8 Å². The Labute approximate surface area is 147 Å². The molecule has 3 N–H and O–H groups in total. The van der Waals surface area contributed by atoms with Crippen LogP contribution in [0.15, 0.2) is 12.1 Å². The summed E-state index contributed by atoms with van der Waals surface area (Å²) in [6, 6.07) is 3.57. The molecule has 0 fully saturated rings. The molecule has 1 aromatic rings. The van der Waals surface area contributed by atoms with Crippen molar-refractivity contribution in [1.29, 1.82) is 0 Å². The number of rotatable bonds is 7. The van der Waals surface area contributed by atoms with Crippen molar-refractivity contribution in [1.82, 2.24) is 5.32 Å². The zero-order valence-corrected chi connectivity index (χ0v) is 15.4. The number of quaternary nitrogens is 1. The number of amides is 2. The molecular weight excluding hydrogens is 337 g/mol.